The molecule has 3 rings (SSSR count). The molecule has 29 heavy (non-hydrogen) atoms. The Bertz CT molecular complexity index is 1060. The lowest BCUT2D eigenvalue weighted by molar-refractivity contribution is -0.0567. The second-order valence-electron chi connectivity index (χ2n) is 6.93. The number of guanidine groups is 1. The summed E-state index contributed by atoms with van der Waals surface area (Å²) >= 11 is 5.69. The predicted molar refractivity (Wildman–Crippen MR) is 106 cm³/mol. The van der Waals surface area contributed by atoms with Crippen molar-refractivity contribution >= 4 is 23.2 Å². The lowest BCUT2D eigenvalue weighted by atomic mass is 9.86. The lowest BCUT2D eigenvalue weighted by Crippen LogP contribution is -2.49. The van der Waals surface area contributed by atoms with Crippen molar-refractivity contribution in [2.75, 3.05) is 5.32 Å². The third-order valence-corrected chi connectivity index (χ3v) is 4.77. The summed E-state index contributed by atoms with van der Waals surface area (Å²) in [7, 11) is 0. The smallest absolute Gasteiger partial charge is 0.209 e. The molecule has 0 spiro atoms. The van der Waals surface area contributed by atoms with E-state index in [4.69, 9.17) is 21.6 Å². The van der Waals surface area contributed by atoms with E-state index >= 15 is 0 Å². The molecule has 1 heterocycles. The van der Waals surface area contributed by atoms with Crippen LogP contribution < -0.4 is 15.4 Å². The fraction of sp³-hybridized carbons (Fsp3) is 0.250. The average molecular weight is 414 g/mol. The van der Waals surface area contributed by atoms with Crippen LogP contribution in [0.1, 0.15) is 31.0 Å². The van der Waals surface area contributed by atoms with Gasteiger partial charge in [-0.3, -0.25) is 5.32 Å². The van der Waals surface area contributed by atoms with E-state index in [1.54, 1.807) is 38.2 Å². The molecule has 0 unspecified atom stereocenters. The summed E-state index contributed by atoms with van der Waals surface area (Å²) in [6.45, 7) is 3.42. The lowest BCUT2D eigenvalue weighted by Gasteiger charge is -2.40. The van der Waals surface area contributed by atoms with Crippen molar-refractivity contribution in [1.82, 2.24) is 5.32 Å². The number of nitrogens with zero attached hydrogens (tertiary/aromatic N) is 3. The zero-order valence-electron chi connectivity index (χ0n) is 15.6. The van der Waals surface area contributed by atoms with Gasteiger partial charge in [-0.2, -0.15) is 10.5 Å². The minimum atomic E-state index is -1.08. The van der Waals surface area contributed by atoms with Gasteiger partial charge in [0.05, 0.1) is 16.7 Å². The Morgan fingerprint density at radius 1 is 1.28 bits per heavy atom. The molecule has 1 aliphatic rings. The molecule has 7 nitrogen and oxygen atoms in total. The highest BCUT2D eigenvalue weighted by molar-refractivity contribution is 6.30. The van der Waals surface area contributed by atoms with E-state index in [-0.39, 0.29) is 11.0 Å². The van der Waals surface area contributed by atoms with Crippen molar-refractivity contribution in [2.45, 2.75) is 31.6 Å². The molecule has 0 saturated carbocycles. The van der Waals surface area contributed by atoms with Crippen LogP contribution >= 0.6 is 11.6 Å². The van der Waals surface area contributed by atoms with Crippen LogP contribution in [0.5, 0.6) is 5.75 Å². The van der Waals surface area contributed by atoms with E-state index < -0.39 is 23.6 Å². The summed E-state index contributed by atoms with van der Waals surface area (Å²) in [5.74, 6) is -0.171. The molecule has 0 radical (unpaired) electrons. The Morgan fingerprint density at radius 2 is 2.03 bits per heavy atom. The Kier molecular flexibility index (Phi) is 5.60. The summed E-state index contributed by atoms with van der Waals surface area (Å²) in [5.41, 5.74) is 0.207. The van der Waals surface area contributed by atoms with Gasteiger partial charge in [0.2, 0.25) is 5.96 Å². The monoisotopic (exact) mass is 413 g/mol. The molecule has 0 saturated heterocycles. The van der Waals surface area contributed by atoms with Gasteiger partial charge in [-0.1, -0.05) is 11.6 Å². The summed E-state index contributed by atoms with van der Waals surface area (Å²) in [5, 5.41) is 34.3. The molecule has 2 atom stereocenters. The Balaban J connectivity index is 2.05. The van der Waals surface area contributed by atoms with Gasteiger partial charge in [0.15, 0.2) is 6.19 Å². The molecule has 0 aromatic heterocycles. The number of halogens is 2. The largest absolute Gasteiger partial charge is 0.485 e. The van der Waals surface area contributed by atoms with Crippen LogP contribution in [-0.2, 0) is 0 Å². The number of hydrogen-bond donors (Lipinski definition) is 3. The first-order valence-electron chi connectivity index (χ1n) is 8.61. The number of aliphatic hydroxyl groups excluding tert-OH is 1. The second-order valence-corrected chi connectivity index (χ2v) is 7.34. The van der Waals surface area contributed by atoms with Gasteiger partial charge in [0, 0.05) is 11.3 Å². The van der Waals surface area contributed by atoms with Crippen molar-refractivity contribution in [1.29, 1.82) is 10.5 Å². The minimum Gasteiger partial charge on any atom is -0.485 e. The molecule has 0 bridgehead atoms. The first-order valence-corrected chi connectivity index (χ1v) is 8.99. The number of benzene rings is 2. The average Bonchev–Trinajstić information content (AvgIpc) is 2.68. The first-order chi connectivity index (χ1) is 13.7. The number of nitriles is 2. The van der Waals surface area contributed by atoms with Crippen molar-refractivity contribution in [2.24, 2.45) is 4.99 Å². The van der Waals surface area contributed by atoms with Crippen molar-refractivity contribution in [3.63, 3.8) is 0 Å². The third kappa shape index (κ3) is 4.24. The highest BCUT2D eigenvalue weighted by Crippen LogP contribution is 2.42. The van der Waals surface area contributed by atoms with E-state index in [2.05, 4.69) is 15.6 Å². The van der Waals surface area contributed by atoms with E-state index in [1.807, 2.05) is 6.07 Å². The quantitative estimate of drug-likeness (QED) is 0.301. The van der Waals surface area contributed by atoms with Crippen LogP contribution in [0.2, 0.25) is 5.02 Å². The fourth-order valence-corrected chi connectivity index (χ4v) is 3.09. The van der Waals surface area contributed by atoms with Gasteiger partial charge in [-0.25, -0.2) is 9.38 Å². The first kappa shape index (κ1) is 20.4. The standard InChI is InChI=1S/C20H17ClFN5O2/c1-20(2)18(28)17(13-7-11(9-23)3-6-16(13)29-20)27-19(25-10-24)26-12-4-5-14(21)15(22)8-12/h3-8,17-18,28H,1-2H3,(H2,25,26,27)/t17-,18+/m1/s1. The van der Waals surface area contributed by atoms with Crippen LogP contribution in [0, 0.1) is 28.6 Å². The number of rotatable bonds is 2. The van der Waals surface area contributed by atoms with Gasteiger partial charge in [-0.05, 0) is 50.2 Å². The fourth-order valence-electron chi connectivity index (χ4n) is 2.97. The van der Waals surface area contributed by atoms with Crippen LogP contribution in [0.15, 0.2) is 41.4 Å². The van der Waals surface area contributed by atoms with Gasteiger partial charge >= 0.3 is 0 Å². The predicted octanol–water partition coefficient (Wildman–Crippen LogP) is 3.46. The molecule has 3 N–H and O–H groups in total. The zero-order valence-corrected chi connectivity index (χ0v) is 16.3. The molecule has 0 aliphatic carbocycles. The third-order valence-electron chi connectivity index (χ3n) is 4.47. The number of nitrogens with one attached hydrogen (secondary N) is 2. The highest BCUT2D eigenvalue weighted by Gasteiger charge is 2.43. The maximum absolute atomic E-state index is 13.7. The summed E-state index contributed by atoms with van der Waals surface area (Å²) in [6, 6.07) is 10.1. The summed E-state index contributed by atoms with van der Waals surface area (Å²) < 4.78 is 19.6. The van der Waals surface area contributed by atoms with Crippen LogP contribution in [0.25, 0.3) is 0 Å². The summed E-state index contributed by atoms with van der Waals surface area (Å²) in [6.07, 6.45) is 0.677. The zero-order chi connectivity index (χ0) is 21.2. The molecule has 0 amide bonds. The maximum atomic E-state index is 13.7. The van der Waals surface area contributed by atoms with Crippen molar-refractivity contribution < 1.29 is 14.2 Å². The van der Waals surface area contributed by atoms with Crippen LogP contribution in [0.3, 0.4) is 0 Å². The molecule has 148 valence electrons. The minimum absolute atomic E-state index is 0.00992. The van der Waals surface area contributed by atoms with E-state index in [0.29, 0.717) is 22.6 Å². The highest BCUT2D eigenvalue weighted by atomic mass is 35.5. The van der Waals surface area contributed by atoms with Crippen molar-refractivity contribution in [3.05, 3.63) is 58.4 Å². The number of aliphatic hydroxyl groups is 1. The molecule has 2 aromatic rings. The van der Waals surface area contributed by atoms with E-state index in [1.165, 1.54) is 12.1 Å². The molecule has 0 fully saturated rings. The topological polar surface area (TPSA) is 113 Å². The molecule has 2 aromatic carbocycles. The Labute approximate surface area is 172 Å². The number of ether oxygens (including phenoxy) is 1. The van der Waals surface area contributed by atoms with E-state index in [9.17, 15) is 14.8 Å². The van der Waals surface area contributed by atoms with E-state index in [0.717, 1.165) is 6.07 Å². The molecular formula is C20H17ClFN5O2. The second kappa shape index (κ2) is 7.96. The Morgan fingerprint density at radius 3 is 2.69 bits per heavy atom. The molecular weight excluding hydrogens is 397 g/mol. The molecule has 9 heteroatoms. The SMILES string of the molecule is CC1(C)Oc2ccc(C#N)cc2[C@@H](N=C(NC#N)Nc2ccc(Cl)c(F)c2)[C@@H]1O. The van der Waals surface area contributed by atoms with Gasteiger partial charge < -0.3 is 15.2 Å². The number of fused-ring (bicyclic) bond motifs is 1. The van der Waals surface area contributed by atoms with Crippen LogP contribution in [0.4, 0.5) is 10.1 Å². The van der Waals surface area contributed by atoms with Gasteiger partial charge in [-0.15, -0.1) is 0 Å². The number of hydrogen-bond acceptors (Lipinski definition) is 5. The maximum Gasteiger partial charge on any atom is 0.209 e. The Hall–Kier alpha value is -3.33. The van der Waals surface area contributed by atoms with Crippen molar-refractivity contribution in [3.8, 4) is 18.0 Å². The van der Waals surface area contributed by atoms with Gasteiger partial charge in [0.25, 0.3) is 0 Å². The summed E-state index contributed by atoms with van der Waals surface area (Å²) in [4.78, 5) is 4.44. The normalized spacial score (nSPS) is 19.9. The number of anilines is 1. The van der Waals surface area contributed by atoms with Gasteiger partial charge in [0.1, 0.15) is 29.3 Å². The number of aliphatic imine (C=N–C) groups is 1. The molecule has 1 aliphatic heterocycles. The van der Waals surface area contributed by atoms with Crippen LogP contribution in [-0.4, -0.2) is 22.8 Å².